The molecule has 1 aliphatic carbocycles. The molecule has 118 valence electrons. The molecule has 2 aromatic heterocycles. The molecule has 0 amide bonds. The van der Waals surface area contributed by atoms with Crippen molar-refractivity contribution in [3.05, 3.63) is 56.1 Å². The number of nitrogens with zero attached hydrogens (tertiary/aromatic N) is 1. The van der Waals surface area contributed by atoms with Crippen molar-refractivity contribution in [2.75, 3.05) is 13.7 Å². The lowest BCUT2D eigenvalue weighted by atomic mass is 9.91. The van der Waals surface area contributed by atoms with Gasteiger partial charge in [0.15, 0.2) is 0 Å². The van der Waals surface area contributed by atoms with Crippen molar-refractivity contribution in [3.63, 3.8) is 0 Å². The van der Waals surface area contributed by atoms with Gasteiger partial charge in [0.2, 0.25) is 0 Å². The Bertz CT molecular complexity index is 664. The molecule has 2 aromatic rings. The summed E-state index contributed by atoms with van der Waals surface area (Å²) >= 11 is 1.74. The van der Waals surface area contributed by atoms with Gasteiger partial charge in [-0.2, -0.15) is 11.3 Å². The van der Waals surface area contributed by atoms with Gasteiger partial charge in [-0.1, -0.05) is 6.07 Å². The van der Waals surface area contributed by atoms with Crippen molar-refractivity contribution in [2.24, 2.45) is 0 Å². The monoisotopic (exact) mass is 318 g/mol. The minimum Gasteiger partial charge on any atom is -0.383 e. The lowest BCUT2D eigenvalue weighted by Gasteiger charge is -2.27. The molecule has 22 heavy (non-hydrogen) atoms. The summed E-state index contributed by atoms with van der Waals surface area (Å²) in [7, 11) is 1.67. The van der Waals surface area contributed by atoms with Crippen molar-refractivity contribution < 1.29 is 4.74 Å². The van der Waals surface area contributed by atoms with Gasteiger partial charge >= 0.3 is 0 Å². The fraction of sp³-hybridized carbons (Fsp3) is 0.471. The Hall–Kier alpha value is -1.43. The minimum absolute atomic E-state index is 0.0838. The van der Waals surface area contributed by atoms with E-state index in [4.69, 9.17) is 4.74 Å². The Morgan fingerprint density at radius 2 is 2.32 bits per heavy atom. The van der Waals surface area contributed by atoms with Crippen molar-refractivity contribution in [1.82, 2.24) is 9.88 Å². The summed E-state index contributed by atoms with van der Waals surface area (Å²) in [5.41, 5.74) is 3.92. The van der Waals surface area contributed by atoms with Crippen molar-refractivity contribution in [1.29, 1.82) is 0 Å². The maximum absolute atomic E-state index is 12.1. The zero-order valence-electron chi connectivity index (χ0n) is 12.9. The van der Waals surface area contributed by atoms with E-state index in [1.165, 1.54) is 16.8 Å². The van der Waals surface area contributed by atoms with Crippen LogP contribution in [0, 0.1) is 0 Å². The lowest BCUT2D eigenvalue weighted by Crippen LogP contribution is -2.37. The largest absolute Gasteiger partial charge is 0.383 e. The first-order valence-electron chi connectivity index (χ1n) is 7.73. The SMILES string of the molecule is COCCn1c2c(ccc1=O)C[C@H](NCc1ccsc1)CC2. The molecule has 4 nitrogen and oxygen atoms in total. The number of hydrogen-bond donors (Lipinski definition) is 1. The standard InChI is InChI=1S/C17H22N2O2S/c1-21-8-7-19-16-4-3-15(10-14(16)2-5-17(19)20)18-11-13-6-9-22-12-13/h2,5-6,9,12,15,18H,3-4,7-8,10-11H2,1H3/t15-/m1/s1. The molecule has 1 N–H and O–H groups in total. The smallest absolute Gasteiger partial charge is 0.250 e. The Morgan fingerprint density at radius 1 is 1.41 bits per heavy atom. The molecule has 2 heterocycles. The van der Waals surface area contributed by atoms with E-state index >= 15 is 0 Å². The Balaban J connectivity index is 1.69. The minimum atomic E-state index is 0.0838. The first-order chi connectivity index (χ1) is 10.8. The summed E-state index contributed by atoms with van der Waals surface area (Å²) in [5, 5.41) is 7.94. The van der Waals surface area contributed by atoms with Crippen LogP contribution in [0.25, 0.3) is 0 Å². The van der Waals surface area contributed by atoms with E-state index in [0.717, 1.165) is 25.8 Å². The molecular weight excluding hydrogens is 296 g/mol. The van der Waals surface area contributed by atoms with Crippen LogP contribution in [0.1, 0.15) is 23.2 Å². The molecule has 0 fully saturated rings. The molecule has 0 bridgehead atoms. The van der Waals surface area contributed by atoms with E-state index in [9.17, 15) is 4.79 Å². The molecule has 5 heteroatoms. The predicted molar refractivity (Wildman–Crippen MR) is 89.5 cm³/mol. The maximum atomic E-state index is 12.1. The lowest BCUT2D eigenvalue weighted by molar-refractivity contribution is 0.184. The number of fused-ring (bicyclic) bond motifs is 1. The summed E-state index contributed by atoms with van der Waals surface area (Å²) in [6.07, 6.45) is 3.02. The Labute approximate surface area is 134 Å². The maximum Gasteiger partial charge on any atom is 0.250 e. The molecule has 0 unspecified atom stereocenters. The van der Waals surface area contributed by atoms with E-state index in [2.05, 4.69) is 22.1 Å². The number of hydrogen-bond acceptors (Lipinski definition) is 4. The van der Waals surface area contributed by atoms with Crippen molar-refractivity contribution in [3.8, 4) is 0 Å². The number of pyridine rings is 1. The number of methoxy groups -OCH3 is 1. The molecule has 0 spiro atoms. The van der Waals surface area contributed by atoms with Crippen LogP contribution in [0.5, 0.6) is 0 Å². The second-order valence-corrected chi connectivity index (χ2v) is 6.52. The summed E-state index contributed by atoms with van der Waals surface area (Å²) in [6.45, 7) is 2.15. The zero-order valence-corrected chi connectivity index (χ0v) is 13.7. The van der Waals surface area contributed by atoms with E-state index in [1.54, 1.807) is 24.5 Å². The summed E-state index contributed by atoms with van der Waals surface area (Å²) < 4.78 is 7.00. The van der Waals surface area contributed by atoms with E-state index in [-0.39, 0.29) is 5.56 Å². The van der Waals surface area contributed by atoms with Crippen LogP contribution in [-0.2, 0) is 30.7 Å². The van der Waals surface area contributed by atoms with Gasteiger partial charge in [-0.15, -0.1) is 0 Å². The average molecular weight is 318 g/mol. The fourth-order valence-corrected chi connectivity index (χ4v) is 3.75. The molecular formula is C17H22N2O2S. The summed E-state index contributed by atoms with van der Waals surface area (Å²) in [6, 6.07) is 6.34. The quantitative estimate of drug-likeness (QED) is 0.888. The second kappa shape index (κ2) is 7.22. The topological polar surface area (TPSA) is 43.3 Å². The van der Waals surface area contributed by atoms with Gasteiger partial charge in [0.05, 0.1) is 6.61 Å². The highest BCUT2D eigenvalue weighted by Crippen LogP contribution is 2.20. The van der Waals surface area contributed by atoms with Crippen LogP contribution in [0.3, 0.4) is 0 Å². The number of rotatable bonds is 6. The van der Waals surface area contributed by atoms with Crippen LogP contribution in [0.15, 0.2) is 33.8 Å². The Morgan fingerprint density at radius 3 is 3.09 bits per heavy atom. The van der Waals surface area contributed by atoms with Gasteiger partial charge in [0, 0.05) is 38.0 Å². The fourth-order valence-electron chi connectivity index (χ4n) is 3.08. The molecule has 0 aliphatic heterocycles. The van der Waals surface area contributed by atoms with Crippen LogP contribution < -0.4 is 10.9 Å². The first kappa shape index (κ1) is 15.5. The number of nitrogens with one attached hydrogen (secondary N) is 1. The Kier molecular flexibility index (Phi) is 5.08. The highest BCUT2D eigenvalue weighted by Gasteiger charge is 2.21. The van der Waals surface area contributed by atoms with Gasteiger partial charge < -0.3 is 14.6 Å². The normalized spacial score (nSPS) is 17.4. The van der Waals surface area contributed by atoms with E-state index in [1.807, 2.05) is 10.6 Å². The highest BCUT2D eigenvalue weighted by molar-refractivity contribution is 7.07. The van der Waals surface area contributed by atoms with Gasteiger partial charge in [-0.05, 0) is 47.2 Å². The van der Waals surface area contributed by atoms with Crippen LogP contribution in [0.4, 0.5) is 0 Å². The molecule has 0 saturated carbocycles. The molecule has 1 aliphatic rings. The van der Waals surface area contributed by atoms with Gasteiger partial charge in [-0.3, -0.25) is 4.79 Å². The van der Waals surface area contributed by atoms with Crippen molar-refractivity contribution >= 4 is 11.3 Å². The molecule has 0 saturated heterocycles. The summed E-state index contributed by atoms with van der Waals surface area (Å²) in [5.74, 6) is 0. The molecule has 3 rings (SSSR count). The highest BCUT2D eigenvalue weighted by atomic mass is 32.1. The van der Waals surface area contributed by atoms with Crippen LogP contribution in [-0.4, -0.2) is 24.3 Å². The third-order valence-corrected chi connectivity index (χ3v) is 5.01. The van der Waals surface area contributed by atoms with Gasteiger partial charge in [-0.25, -0.2) is 0 Å². The molecule has 1 atom stereocenters. The van der Waals surface area contributed by atoms with Crippen LogP contribution >= 0.6 is 11.3 Å². The van der Waals surface area contributed by atoms with Gasteiger partial charge in [0.1, 0.15) is 0 Å². The first-order valence-corrected chi connectivity index (χ1v) is 8.67. The van der Waals surface area contributed by atoms with E-state index in [0.29, 0.717) is 19.2 Å². The number of thiophene rings is 1. The summed E-state index contributed by atoms with van der Waals surface area (Å²) in [4.78, 5) is 12.1. The average Bonchev–Trinajstić information content (AvgIpc) is 3.05. The third kappa shape index (κ3) is 3.48. The number of aromatic nitrogens is 1. The number of ether oxygens (including phenoxy) is 1. The zero-order chi connectivity index (χ0) is 15.4. The second-order valence-electron chi connectivity index (χ2n) is 5.74. The third-order valence-electron chi connectivity index (χ3n) is 4.28. The molecule has 0 aromatic carbocycles. The van der Waals surface area contributed by atoms with Gasteiger partial charge in [0.25, 0.3) is 5.56 Å². The molecule has 0 radical (unpaired) electrons. The van der Waals surface area contributed by atoms with Crippen molar-refractivity contribution in [2.45, 2.75) is 38.4 Å². The van der Waals surface area contributed by atoms with E-state index < -0.39 is 0 Å². The van der Waals surface area contributed by atoms with Crippen LogP contribution in [0.2, 0.25) is 0 Å². The predicted octanol–water partition coefficient (Wildman–Crippen LogP) is 2.20.